The van der Waals surface area contributed by atoms with E-state index in [9.17, 15) is 9.59 Å². The predicted octanol–water partition coefficient (Wildman–Crippen LogP) is 3.28. The number of thiophene rings is 1. The number of anilines is 1. The van der Waals surface area contributed by atoms with Crippen LogP contribution in [0.15, 0.2) is 41.8 Å². The van der Waals surface area contributed by atoms with Gasteiger partial charge in [0.1, 0.15) is 4.88 Å². The fourth-order valence-corrected chi connectivity index (χ4v) is 3.20. The SMILES string of the molecule is COC(=O)c1sccc1NC(=O)[C@H]1C[C@@H]1c1ccccc1. The van der Waals surface area contributed by atoms with E-state index in [2.05, 4.69) is 5.32 Å². The fraction of sp³-hybridized carbons (Fsp3) is 0.250. The molecule has 1 aromatic carbocycles. The lowest BCUT2D eigenvalue weighted by Gasteiger charge is -2.05. The fourth-order valence-electron chi connectivity index (χ4n) is 2.44. The van der Waals surface area contributed by atoms with Crippen LogP contribution in [0.25, 0.3) is 0 Å². The van der Waals surface area contributed by atoms with Crippen LogP contribution in [0.2, 0.25) is 0 Å². The Kier molecular flexibility index (Phi) is 3.75. The minimum atomic E-state index is -0.421. The maximum atomic E-state index is 12.3. The van der Waals surface area contributed by atoms with Crippen molar-refractivity contribution in [2.24, 2.45) is 5.92 Å². The molecule has 1 aromatic heterocycles. The Bertz CT molecular complexity index is 665. The first-order chi connectivity index (χ1) is 10.2. The van der Waals surface area contributed by atoms with Crippen molar-refractivity contribution in [3.8, 4) is 0 Å². The molecule has 0 aliphatic heterocycles. The summed E-state index contributed by atoms with van der Waals surface area (Å²) in [5, 5.41) is 4.61. The number of methoxy groups -OCH3 is 1. The zero-order valence-corrected chi connectivity index (χ0v) is 12.4. The van der Waals surface area contributed by atoms with Gasteiger partial charge in [-0.05, 0) is 29.3 Å². The Morgan fingerprint density at radius 2 is 2.00 bits per heavy atom. The summed E-state index contributed by atoms with van der Waals surface area (Å²) >= 11 is 1.26. The number of nitrogens with one attached hydrogen (secondary N) is 1. The quantitative estimate of drug-likeness (QED) is 0.882. The molecular formula is C16H15NO3S. The molecule has 1 saturated carbocycles. The molecule has 2 atom stereocenters. The van der Waals surface area contributed by atoms with Gasteiger partial charge in [0.2, 0.25) is 5.91 Å². The number of carbonyl (C=O) groups excluding carboxylic acids is 2. The van der Waals surface area contributed by atoms with Crippen LogP contribution in [-0.4, -0.2) is 19.0 Å². The molecule has 0 unspecified atom stereocenters. The highest BCUT2D eigenvalue weighted by Crippen LogP contribution is 2.48. The maximum Gasteiger partial charge on any atom is 0.350 e. The minimum Gasteiger partial charge on any atom is -0.465 e. The van der Waals surface area contributed by atoms with Crippen molar-refractivity contribution in [2.75, 3.05) is 12.4 Å². The Labute approximate surface area is 126 Å². The minimum absolute atomic E-state index is 0.0159. The molecule has 4 nitrogen and oxygen atoms in total. The van der Waals surface area contributed by atoms with Crippen LogP contribution < -0.4 is 5.32 Å². The number of amides is 1. The largest absolute Gasteiger partial charge is 0.465 e. The zero-order chi connectivity index (χ0) is 14.8. The second-order valence-electron chi connectivity index (χ2n) is 5.00. The topological polar surface area (TPSA) is 55.4 Å². The predicted molar refractivity (Wildman–Crippen MR) is 81.6 cm³/mol. The molecule has 0 bridgehead atoms. The van der Waals surface area contributed by atoms with Gasteiger partial charge in [0.15, 0.2) is 0 Å². The number of carbonyl (C=O) groups is 2. The molecule has 1 amide bonds. The lowest BCUT2D eigenvalue weighted by atomic mass is 10.1. The summed E-state index contributed by atoms with van der Waals surface area (Å²) in [6.07, 6.45) is 0.855. The molecule has 1 aliphatic carbocycles. The smallest absolute Gasteiger partial charge is 0.350 e. The monoisotopic (exact) mass is 301 g/mol. The molecule has 2 aromatic rings. The third kappa shape index (κ3) is 2.83. The highest BCUT2D eigenvalue weighted by atomic mass is 32.1. The highest BCUT2D eigenvalue weighted by Gasteiger charge is 2.44. The van der Waals surface area contributed by atoms with Gasteiger partial charge in [0.25, 0.3) is 0 Å². The van der Waals surface area contributed by atoms with Crippen molar-refractivity contribution in [3.63, 3.8) is 0 Å². The number of ether oxygens (including phenoxy) is 1. The van der Waals surface area contributed by atoms with Gasteiger partial charge in [0, 0.05) is 5.92 Å². The molecule has 0 saturated heterocycles. The number of benzene rings is 1. The van der Waals surface area contributed by atoms with E-state index in [0.717, 1.165) is 6.42 Å². The second kappa shape index (κ2) is 5.69. The van der Waals surface area contributed by atoms with Crippen LogP contribution in [0, 0.1) is 5.92 Å². The summed E-state index contributed by atoms with van der Waals surface area (Å²) in [4.78, 5) is 24.3. The standard InChI is InChI=1S/C16H15NO3S/c1-20-16(19)14-13(7-8-21-14)17-15(18)12-9-11(12)10-5-3-2-4-6-10/h2-8,11-12H,9H2,1H3,(H,17,18)/t11-,12+/m1/s1. The Hall–Kier alpha value is -2.14. The van der Waals surface area contributed by atoms with Gasteiger partial charge in [-0.2, -0.15) is 0 Å². The molecule has 1 N–H and O–H groups in total. The molecular weight excluding hydrogens is 286 g/mol. The summed E-state index contributed by atoms with van der Waals surface area (Å²) in [6, 6.07) is 11.8. The van der Waals surface area contributed by atoms with E-state index >= 15 is 0 Å². The van der Waals surface area contributed by atoms with Crippen molar-refractivity contribution in [1.82, 2.24) is 0 Å². The van der Waals surface area contributed by atoms with Gasteiger partial charge in [-0.25, -0.2) is 4.79 Å². The molecule has 1 heterocycles. The second-order valence-corrected chi connectivity index (χ2v) is 5.92. The maximum absolute atomic E-state index is 12.3. The van der Waals surface area contributed by atoms with Gasteiger partial charge in [0.05, 0.1) is 12.8 Å². The van der Waals surface area contributed by atoms with Crippen molar-refractivity contribution in [3.05, 3.63) is 52.2 Å². The number of hydrogen-bond donors (Lipinski definition) is 1. The van der Waals surface area contributed by atoms with E-state index in [4.69, 9.17) is 4.74 Å². The number of hydrogen-bond acceptors (Lipinski definition) is 4. The number of esters is 1. The van der Waals surface area contributed by atoms with Crippen LogP contribution >= 0.6 is 11.3 Å². The normalized spacial score (nSPS) is 19.9. The van der Waals surface area contributed by atoms with Gasteiger partial charge in [-0.1, -0.05) is 30.3 Å². The van der Waals surface area contributed by atoms with Crippen LogP contribution in [0.1, 0.15) is 27.6 Å². The third-order valence-electron chi connectivity index (χ3n) is 3.65. The first-order valence-corrected chi connectivity index (χ1v) is 7.60. The molecule has 0 radical (unpaired) electrons. The average Bonchev–Trinajstić information content (AvgIpc) is 3.20. The first-order valence-electron chi connectivity index (χ1n) is 6.72. The molecule has 3 rings (SSSR count). The lowest BCUT2D eigenvalue weighted by molar-refractivity contribution is -0.117. The number of rotatable bonds is 4. The summed E-state index contributed by atoms with van der Waals surface area (Å²) in [7, 11) is 1.33. The van der Waals surface area contributed by atoms with Gasteiger partial charge in [-0.3, -0.25) is 4.79 Å². The summed E-state index contributed by atoms with van der Waals surface area (Å²) < 4.78 is 4.70. The zero-order valence-electron chi connectivity index (χ0n) is 11.5. The van der Waals surface area contributed by atoms with Crippen LogP contribution in [0.4, 0.5) is 5.69 Å². The van der Waals surface area contributed by atoms with Crippen LogP contribution in [-0.2, 0) is 9.53 Å². The van der Waals surface area contributed by atoms with E-state index in [-0.39, 0.29) is 17.7 Å². The Morgan fingerprint density at radius 1 is 1.24 bits per heavy atom. The van der Waals surface area contributed by atoms with Crippen LogP contribution in [0.5, 0.6) is 0 Å². The first kappa shape index (κ1) is 13.8. The van der Waals surface area contributed by atoms with Crippen LogP contribution in [0.3, 0.4) is 0 Å². The van der Waals surface area contributed by atoms with E-state index in [1.54, 1.807) is 11.4 Å². The highest BCUT2D eigenvalue weighted by molar-refractivity contribution is 7.12. The average molecular weight is 301 g/mol. The van der Waals surface area contributed by atoms with E-state index in [1.165, 1.54) is 24.0 Å². The molecule has 108 valence electrons. The van der Waals surface area contributed by atoms with Crippen molar-refractivity contribution in [2.45, 2.75) is 12.3 Å². The summed E-state index contributed by atoms with van der Waals surface area (Å²) in [5.74, 6) is -0.188. The van der Waals surface area contributed by atoms with Gasteiger partial charge in [-0.15, -0.1) is 11.3 Å². The third-order valence-corrected chi connectivity index (χ3v) is 4.54. The molecule has 1 fully saturated rings. The van der Waals surface area contributed by atoms with E-state index in [1.807, 2.05) is 30.3 Å². The summed E-state index contributed by atoms with van der Waals surface area (Å²) in [6.45, 7) is 0. The van der Waals surface area contributed by atoms with Crippen molar-refractivity contribution < 1.29 is 14.3 Å². The Balaban J connectivity index is 1.66. The lowest BCUT2D eigenvalue weighted by Crippen LogP contribution is -2.16. The van der Waals surface area contributed by atoms with Gasteiger partial charge >= 0.3 is 5.97 Å². The van der Waals surface area contributed by atoms with Gasteiger partial charge < -0.3 is 10.1 Å². The summed E-state index contributed by atoms with van der Waals surface area (Å²) in [5.41, 5.74) is 1.73. The van der Waals surface area contributed by atoms with Crippen molar-refractivity contribution >= 4 is 28.9 Å². The van der Waals surface area contributed by atoms with E-state index < -0.39 is 5.97 Å². The van der Waals surface area contributed by atoms with Crippen molar-refractivity contribution in [1.29, 1.82) is 0 Å². The molecule has 0 spiro atoms. The molecule has 5 heteroatoms. The Morgan fingerprint density at radius 3 is 2.71 bits per heavy atom. The molecule has 21 heavy (non-hydrogen) atoms. The molecule has 1 aliphatic rings. The van der Waals surface area contributed by atoms with E-state index in [0.29, 0.717) is 10.6 Å².